The van der Waals surface area contributed by atoms with E-state index in [2.05, 4.69) is 5.32 Å². The van der Waals surface area contributed by atoms with Gasteiger partial charge in [-0.25, -0.2) is 0 Å². The molecule has 0 fully saturated rings. The molecular weight excluding hydrogens is 362 g/mol. The minimum Gasteiger partial charge on any atom is -0.492 e. The van der Waals surface area contributed by atoms with Gasteiger partial charge in [-0.2, -0.15) is 0 Å². The van der Waals surface area contributed by atoms with Crippen LogP contribution in [0.2, 0.25) is 0 Å². The molecule has 0 aliphatic rings. The topological polar surface area (TPSA) is 75.5 Å². The molecule has 0 atom stereocenters. The molecule has 1 aromatic heterocycles. The van der Waals surface area contributed by atoms with Crippen LogP contribution in [0.25, 0.3) is 5.69 Å². The van der Waals surface area contributed by atoms with Gasteiger partial charge in [-0.05, 0) is 48.5 Å². The Balaban J connectivity index is 1.53. The lowest BCUT2D eigenvalue weighted by atomic mass is 10.1. The average molecular weight is 381 g/mol. The number of para-hydroxylation sites is 1. The van der Waals surface area contributed by atoms with E-state index in [1.54, 1.807) is 30.3 Å². The maximum absolute atomic E-state index is 12.5. The molecule has 1 amide bonds. The smallest absolute Gasteiger partial charge is 0.253 e. The molecule has 0 aliphatic heterocycles. The Labute approximate surface area is 162 Å². The van der Waals surface area contributed by atoms with Gasteiger partial charge in [-0.1, -0.05) is 24.4 Å². The Morgan fingerprint density at radius 1 is 1.04 bits per heavy atom. The van der Waals surface area contributed by atoms with Crippen molar-refractivity contribution in [1.82, 2.24) is 15.4 Å². The molecule has 6 nitrogen and oxygen atoms in total. The molecule has 138 valence electrons. The van der Waals surface area contributed by atoms with Gasteiger partial charge in [0.05, 0.1) is 17.8 Å². The number of rotatable bonds is 7. The highest BCUT2D eigenvalue weighted by atomic mass is 32.1. The van der Waals surface area contributed by atoms with Crippen LogP contribution < -0.4 is 15.5 Å². The first-order valence-corrected chi connectivity index (χ1v) is 8.78. The lowest BCUT2D eigenvalue weighted by Gasteiger charge is -2.12. The maximum Gasteiger partial charge on any atom is 0.253 e. The fourth-order valence-corrected chi connectivity index (χ4v) is 2.72. The predicted octanol–water partition coefficient (Wildman–Crippen LogP) is 2.94. The minimum absolute atomic E-state index is 0.155. The molecule has 0 bridgehead atoms. The minimum atomic E-state index is -0.155. The van der Waals surface area contributed by atoms with E-state index in [-0.39, 0.29) is 10.9 Å². The van der Waals surface area contributed by atoms with Crippen LogP contribution in [0.5, 0.6) is 5.75 Å². The number of hydroxylamine groups is 1. The summed E-state index contributed by atoms with van der Waals surface area (Å²) in [7, 11) is 0. The Morgan fingerprint density at radius 2 is 1.74 bits per heavy atom. The fourth-order valence-electron chi connectivity index (χ4n) is 2.58. The highest BCUT2D eigenvalue weighted by Crippen LogP contribution is 2.15. The largest absolute Gasteiger partial charge is 0.492 e. The van der Waals surface area contributed by atoms with Crippen LogP contribution in [0.15, 0.2) is 73.1 Å². The van der Waals surface area contributed by atoms with Gasteiger partial charge < -0.3 is 14.6 Å². The monoisotopic (exact) mass is 381 g/mol. The summed E-state index contributed by atoms with van der Waals surface area (Å²) in [6, 6.07) is 18.3. The summed E-state index contributed by atoms with van der Waals surface area (Å²) in [5, 5.41) is 11.7. The Kier molecular flexibility index (Phi) is 6.19. The maximum atomic E-state index is 12.5. The number of benzene rings is 2. The first-order valence-electron chi connectivity index (χ1n) is 8.37. The standard InChI is InChI=1S/C20H19N3O3S/c24-19(17-5-1-2-6-18(17)23-12-3-4-13-23)21-11-14-26-16-9-7-15(8-10-16)20(27)22-25/h1-10,12-13,25H,11,14H2,(H,21,24)(H,22,27). The van der Waals surface area contributed by atoms with E-state index in [1.165, 1.54) is 0 Å². The average Bonchev–Trinajstić information content (AvgIpc) is 3.25. The lowest BCUT2D eigenvalue weighted by Crippen LogP contribution is -2.29. The summed E-state index contributed by atoms with van der Waals surface area (Å²) in [6.45, 7) is 0.705. The Morgan fingerprint density at radius 3 is 2.44 bits per heavy atom. The van der Waals surface area contributed by atoms with Crippen molar-refractivity contribution in [2.75, 3.05) is 13.2 Å². The SMILES string of the molecule is O=C(NCCOc1ccc(C(=S)NO)cc1)c1ccccc1-n1cccc1. The third-order valence-corrected chi connectivity index (χ3v) is 4.23. The lowest BCUT2D eigenvalue weighted by molar-refractivity contribution is 0.0947. The van der Waals surface area contributed by atoms with Crippen LogP contribution in [0.1, 0.15) is 15.9 Å². The van der Waals surface area contributed by atoms with Crippen LogP contribution >= 0.6 is 12.2 Å². The molecule has 3 aromatic rings. The third kappa shape index (κ3) is 4.72. The number of nitrogens with zero attached hydrogens (tertiary/aromatic N) is 1. The van der Waals surface area contributed by atoms with Crippen LogP contribution in [0.3, 0.4) is 0 Å². The molecule has 0 unspecified atom stereocenters. The molecule has 27 heavy (non-hydrogen) atoms. The van der Waals surface area contributed by atoms with Gasteiger partial charge in [0, 0.05) is 18.0 Å². The van der Waals surface area contributed by atoms with Crippen molar-refractivity contribution in [3.8, 4) is 11.4 Å². The zero-order chi connectivity index (χ0) is 19.1. The van der Waals surface area contributed by atoms with Gasteiger partial charge in [0.2, 0.25) is 0 Å². The summed E-state index contributed by atoms with van der Waals surface area (Å²) >= 11 is 4.94. The van der Waals surface area contributed by atoms with Crippen molar-refractivity contribution in [3.63, 3.8) is 0 Å². The highest BCUT2D eigenvalue weighted by molar-refractivity contribution is 7.80. The van der Waals surface area contributed by atoms with Crippen LogP contribution in [-0.4, -0.2) is 33.8 Å². The fraction of sp³-hybridized carbons (Fsp3) is 0.100. The van der Waals surface area contributed by atoms with E-state index in [4.69, 9.17) is 22.2 Å². The van der Waals surface area contributed by atoms with Crippen molar-refractivity contribution in [1.29, 1.82) is 0 Å². The van der Waals surface area contributed by atoms with E-state index >= 15 is 0 Å². The molecule has 2 aromatic carbocycles. The number of aromatic nitrogens is 1. The molecule has 3 rings (SSSR count). The van der Waals surface area contributed by atoms with E-state index in [0.717, 1.165) is 5.69 Å². The molecule has 0 spiro atoms. The van der Waals surface area contributed by atoms with Gasteiger partial charge >= 0.3 is 0 Å². The number of ether oxygens (including phenoxy) is 1. The first-order chi connectivity index (χ1) is 13.2. The van der Waals surface area contributed by atoms with Gasteiger partial charge in [0.1, 0.15) is 17.3 Å². The second-order valence-electron chi connectivity index (χ2n) is 5.68. The first kappa shape index (κ1) is 18.6. The highest BCUT2D eigenvalue weighted by Gasteiger charge is 2.11. The number of nitrogens with one attached hydrogen (secondary N) is 2. The van der Waals surface area contributed by atoms with Crippen molar-refractivity contribution in [2.45, 2.75) is 0 Å². The number of carbonyl (C=O) groups excluding carboxylic acids is 1. The van der Waals surface area contributed by atoms with Gasteiger partial charge in [-0.3, -0.25) is 15.5 Å². The van der Waals surface area contributed by atoms with Crippen molar-refractivity contribution in [3.05, 3.63) is 84.2 Å². The Bertz CT molecular complexity index is 908. The number of amides is 1. The van der Waals surface area contributed by atoms with E-state index < -0.39 is 0 Å². The predicted molar refractivity (Wildman–Crippen MR) is 107 cm³/mol. The van der Waals surface area contributed by atoms with Crippen LogP contribution in [0.4, 0.5) is 0 Å². The zero-order valence-corrected chi connectivity index (χ0v) is 15.3. The summed E-state index contributed by atoms with van der Waals surface area (Å²) in [6.07, 6.45) is 3.80. The summed E-state index contributed by atoms with van der Waals surface area (Å²) in [4.78, 5) is 12.7. The van der Waals surface area contributed by atoms with Crippen LogP contribution in [0, 0.1) is 0 Å². The summed E-state index contributed by atoms with van der Waals surface area (Å²) < 4.78 is 7.52. The number of hydrogen-bond donors (Lipinski definition) is 3. The van der Waals surface area contributed by atoms with Crippen molar-refractivity contribution < 1.29 is 14.7 Å². The normalized spacial score (nSPS) is 10.3. The Hall–Kier alpha value is -3.16. The molecule has 0 aliphatic carbocycles. The molecule has 3 N–H and O–H groups in total. The molecule has 0 saturated carbocycles. The second kappa shape index (κ2) is 8.98. The molecule has 1 heterocycles. The number of carbonyl (C=O) groups is 1. The number of hydrogen-bond acceptors (Lipinski definition) is 4. The second-order valence-corrected chi connectivity index (χ2v) is 6.09. The zero-order valence-electron chi connectivity index (χ0n) is 14.5. The molecule has 0 saturated heterocycles. The number of thiocarbonyl (C=S) groups is 1. The van der Waals surface area contributed by atoms with Gasteiger partial charge in [0.25, 0.3) is 5.91 Å². The quantitative estimate of drug-likeness (QED) is 0.333. The molecule has 7 heteroatoms. The van der Waals surface area contributed by atoms with E-state index in [0.29, 0.717) is 30.0 Å². The molecular formula is C20H19N3O3S. The van der Waals surface area contributed by atoms with Crippen LogP contribution in [-0.2, 0) is 0 Å². The van der Waals surface area contributed by atoms with Crippen molar-refractivity contribution >= 4 is 23.1 Å². The van der Waals surface area contributed by atoms with Gasteiger partial charge in [-0.15, -0.1) is 0 Å². The van der Waals surface area contributed by atoms with E-state index in [1.807, 2.05) is 52.8 Å². The molecule has 0 radical (unpaired) electrons. The van der Waals surface area contributed by atoms with Gasteiger partial charge in [0.15, 0.2) is 0 Å². The van der Waals surface area contributed by atoms with Crippen molar-refractivity contribution in [2.24, 2.45) is 0 Å². The third-order valence-electron chi connectivity index (χ3n) is 3.91. The van der Waals surface area contributed by atoms with E-state index in [9.17, 15) is 4.79 Å². The summed E-state index contributed by atoms with van der Waals surface area (Å²) in [5.41, 5.74) is 4.05. The summed E-state index contributed by atoms with van der Waals surface area (Å²) in [5.74, 6) is 0.499.